The van der Waals surface area contributed by atoms with Gasteiger partial charge in [0.1, 0.15) is 4.32 Å². The minimum absolute atomic E-state index is 0.0957. The molecule has 146 valence electrons. The van der Waals surface area contributed by atoms with Crippen molar-refractivity contribution in [1.29, 1.82) is 0 Å². The van der Waals surface area contributed by atoms with Gasteiger partial charge in [-0.1, -0.05) is 66.5 Å². The summed E-state index contributed by atoms with van der Waals surface area (Å²) < 4.78 is 6.61. The Morgan fingerprint density at radius 3 is 2.62 bits per heavy atom. The van der Waals surface area contributed by atoms with Crippen molar-refractivity contribution in [2.24, 2.45) is 0 Å². The minimum Gasteiger partial charge on any atom is -0.439 e. The number of carbonyl (C=O) groups is 1. The van der Waals surface area contributed by atoms with Crippen LogP contribution in [0.5, 0.6) is 5.75 Å². The van der Waals surface area contributed by atoms with Gasteiger partial charge in [-0.25, -0.2) is 0 Å². The van der Waals surface area contributed by atoms with Crippen LogP contribution in [0.4, 0.5) is 5.69 Å². The Morgan fingerprint density at radius 2 is 1.90 bits per heavy atom. The molecule has 0 bridgehead atoms. The molecule has 1 saturated heterocycles. The molecule has 4 rings (SSSR count). The van der Waals surface area contributed by atoms with Gasteiger partial charge in [0, 0.05) is 19.2 Å². The number of thiocarbonyl (C=S) groups is 1. The van der Waals surface area contributed by atoms with E-state index in [9.17, 15) is 4.79 Å². The second-order valence-corrected chi connectivity index (χ2v) is 8.18. The first-order valence-corrected chi connectivity index (χ1v) is 10.6. The van der Waals surface area contributed by atoms with Gasteiger partial charge in [0.2, 0.25) is 5.88 Å². The quantitative estimate of drug-likeness (QED) is 0.370. The molecule has 2 heterocycles. The van der Waals surface area contributed by atoms with Crippen LogP contribution in [0.3, 0.4) is 0 Å². The Balaban J connectivity index is 1.62. The van der Waals surface area contributed by atoms with Crippen LogP contribution >= 0.6 is 24.0 Å². The molecular weight excluding hydrogens is 400 g/mol. The average Bonchev–Trinajstić information content (AvgIpc) is 3.23. The Hall–Kier alpha value is -2.83. The van der Waals surface area contributed by atoms with Gasteiger partial charge in [-0.05, 0) is 36.3 Å². The summed E-state index contributed by atoms with van der Waals surface area (Å²) in [6, 6.07) is 16.5. The predicted molar refractivity (Wildman–Crippen MR) is 124 cm³/mol. The Kier molecular flexibility index (Phi) is 5.56. The van der Waals surface area contributed by atoms with Gasteiger partial charge in [0.15, 0.2) is 5.75 Å². The highest BCUT2D eigenvalue weighted by molar-refractivity contribution is 8.26. The van der Waals surface area contributed by atoms with Crippen LogP contribution in [0.2, 0.25) is 0 Å². The zero-order valence-corrected chi connectivity index (χ0v) is 17.6. The molecule has 0 aliphatic carbocycles. The molecule has 2 aliphatic heterocycles. The number of ether oxygens (including phenoxy) is 1. The highest BCUT2D eigenvalue weighted by atomic mass is 32.2. The summed E-state index contributed by atoms with van der Waals surface area (Å²) in [6.45, 7) is 6.93. The van der Waals surface area contributed by atoms with E-state index < -0.39 is 0 Å². The molecule has 2 aromatic rings. The van der Waals surface area contributed by atoms with Crippen molar-refractivity contribution in [3.05, 3.63) is 84.1 Å². The standard InChI is InChI=1S/C23H20N2O2S2/c1-3-14-25-22(26)20(29-23(25)28)12-13-21-24(4-2)18-15-17(10-11-19(18)27-21)16-8-6-5-7-9-16/h3,5-13,15H,1,4,14H2,2H3/b20-12+,21-13-. The molecule has 0 saturated carbocycles. The molecule has 0 aromatic heterocycles. The fourth-order valence-electron chi connectivity index (χ4n) is 3.31. The molecule has 6 heteroatoms. The maximum absolute atomic E-state index is 12.5. The monoisotopic (exact) mass is 420 g/mol. The first-order chi connectivity index (χ1) is 14.1. The lowest BCUT2D eigenvalue weighted by Gasteiger charge is -2.15. The van der Waals surface area contributed by atoms with E-state index in [2.05, 4.69) is 42.7 Å². The fraction of sp³-hybridized carbons (Fsp3) is 0.130. The van der Waals surface area contributed by atoms with Gasteiger partial charge in [-0.15, -0.1) is 6.58 Å². The third-order valence-electron chi connectivity index (χ3n) is 4.72. The number of nitrogens with zero attached hydrogens (tertiary/aromatic N) is 2. The van der Waals surface area contributed by atoms with Crippen molar-refractivity contribution < 1.29 is 9.53 Å². The summed E-state index contributed by atoms with van der Waals surface area (Å²) >= 11 is 6.59. The Morgan fingerprint density at radius 1 is 1.10 bits per heavy atom. The van der Waals surface area contributed by atoms with Crippen molar-refractivity contribution in [1.82, 2.24) is 4.90 Å². The Labute approximate surface area is 180 Å². The van der Waals surface area contributed by atoms with Crippen LogP contribution in [0.15, 0.2) is 84.1 Å². The van der Waals surface area contributed by atoms with Crippen molar-refractivity contribution >= 4 is 39.9 Å². The van der Waals surface area contributed by atoms with Gasteiger partial charge >= 0.3 is 0 Å². The van der Waals surface area contributed by atoms with Crippen LogP contribution in [0.1, 0.15) is 6.92 Å². The van der Waals surface area contributed by atoms with Gasteiger partial charge in [-0.2, -0.15) is 0 Å². The molecule has 1 amide bonds. The largest absolute Gasteiger partial charge is 0.439 e. The lowest BCUT2D eigenvalue weighted by Crippen LogP contribution is -2.27. The summed E-state index contributed by atoms with van der Waals surface area (Å²) in [5.74, 6) is 1.41. The molecular formula is C23H20N2O2S2. The number of amides is 1. The number of anilines is 1. The van der Waals surface area contributed by atoms with Crippen molar-refractivity contribution in [3.8, 4) is 16.9 Å². The van der Waals surface area contributed by atoms with E-state index in [1.54, 1.807) is 17.1 Å². The minimum atomic E-state index is -0.0957. The SMILES string of the molecule is C=CCN1C(=O)/C(=C\C=C2/Oc3ccc(-c4ccccc4)cc3N2CC)SC1=S. The van der Waals surface area contributed by atoms with Crippen LogP contribution in [0, 0.1) is 0 Å². The van der Waals surface area contributed by atoms with Crippen LogP contribution in [-0.4, -0.2) is 28.2 Å². The summed E-state index contributed by atoms with van der Waals surface area (Å²) in [6.07, 6.45) is 5.29. The van der Waals surface area contributed by atoms with E-state index in [1.165, 1.54) is 11.8 Å². The highest BCUT2D eigenvalue weighted by Crippen LogP contribution is 2.41. The lowest BCUT2D eigenvalue weighted by molar-refractivity contribution is -0.121. The smallest absolute Gasteiger partial charge is 0.266 e. The average molecular weight is 421 g/mol. The van der Waals surface area contributed by atoms with E-state index in [0.29, 0.717) is 21.7 Å². The summed E-state index contributed by atoms with van der Waals surface area (Å²) in [5, 5.41) is 0. The molecule has 0 unspecified atom stereocenters. The molecule has 4 nitrogen and oxygen atoms in total. The highest BCUT2D eigenvalue weighted by Gasteiger charge is 2.31. The van der Waals surface area contributed by atoms with Gasteiger partial charge in [0.05, 0.1) is 10.6 Å². The number of fused-ring (bicyclic) bond motifs is 1. The van der Waals surface area contributed by atoms with E-state index in [4.69, 9.17) is 17.0 Å². The van der Waals surface area contributed by atoms with E-state index >= 15 is 0 Å². The number of carbonyl (C=O) groups excluding carboxylic acids is 1. The molecule has 2 aliphatic rings. The molecule has 1 fully saturated rings. The summed E-state index contributed by atoms with van der Waals surface area (Å²) in [7, 11) is 0. The zero-order valence-electron chi connectivity index (χ0n) is 16.0. The van der Waals surface area contributed by atoms with Crippen LogP contribution < -0.4 is 9.64 Å². The maximum Gasteiger partial charge on any atom is 0.266 e. The molecule has 0 spiro atoms. The van der Waals surface area contributed by atoms with Crippen LogP contribution in [0.25, 0.3) is 11.1 Å². The molecule has 2 aromatic carbocycles. The van der Waals surface area contributed by atoms with E-state index in [-0.39, 0.29) is 5.91 Å². The van der Waals surface area contributed by atoms with Crippen molar-refractivity contribution in [2.45, 2.75) is 6.92 Å². The maximum atomic E-state index is 12.5. The number of hydrogen-bond acceptors (Lipinski definition) is 5. The third kappa shape index (κ3) is 3.73. The first kappa shape index (κ1) is 19.5. The summed E-state index contributed by atoms with van der Waals surface area (Å²) in [5.41, 5.74) is 3.32. The normalized spacial score (nSPS) is 18.5. The van der Waals surface area contributed by atoms with Crippen LogP contribution in [-0.2, 0) is 4.79 Å². The summed E-state index contributed by atoms with van der Waals surface area (Å²) in [4.78, 5) is 16.7. The topological polar surface area (TPSA) is 32.8 Å². The molecule has 0 atom stereocenters. The third-order valence-corrected chi connectivity index (χ3v) is 6.11. The van der Waals surface area contributed by atoms with Gasteiger partial charge < -0.3 is 9.64 Å². The number of allylic oxidation sites excluding steroid dienone is 2. The van der Waals surface area contributed by atoms with Crippen molar-refractivity contribution in [3.63, 3.8) is 0 Å². The lowest BCUT2D eigenvalue weighted by atomic mass is 10.0. The fourth-order valence-corrected chi connectivity index (χ4v) is 4.53. The second kappa shape index (κ2) is 8.27. The Bertz CT molecular complexity index is 1040. The van der Waals surface area contributed by atoms with Gasteiger partial charge in [-0.3, -0.25) is 9.69 Å². The second-order valence-electron chi connectivity index (χ2n) is 6.50. The number of benzene rings is 2. The number of thioether (sulfide) groups is 1. The predicted octanol–water partition coefficient (Wildman–Crippen LogP) is 5.34. The first-order valence-electron chi connectivity index (χ1n) is 9.33. The van der Waals surface area contributed by atoms with Crippen molar-refractivity contribution in [2.75, 3.05) is 18.0 Å². The van der Waals surface area contributed by atoms with E-state index in [0.717, 1.165) is 29.1 Å². The number of rotatable bonds is 5. The zero-order chi connectivity index (χ0) is 20.4. The molecule has 0 N–H and O–H groups in total. The molecule has 29 heavy (non-hydrogen) atoms. The molecule has 0 radical (unpaired) electrons. The van der Waals surface area contributed by atoms with E-state index in [1.807, 2.05) is 30.3 Å². The van der Waals surface area contributed by atoms with Gasteiger partial charge in [0.25, 0.3) is 5.91 Å². The number of hydrogen-bond donors (Lipinski definition) is 0.